The van der Waals surface area contributed by atoms with Gasteiger partial charge in [-0.25, -0.2) is 8.78 Å². The quantitative estimate of drug-likeness (QED) is 0.859. The number of hydrogen-bond acceptors (Lipinski definition) is 1. The average molecular weight is 282 g/mol. The van der Waals surface area contributed by atoms with Gasteiger partial charge in [-0.05, 0) is 43.2 Å². The fourth-order valence-corrected chi connectivity index (χ4v) is 2.03. The maximum absolute atomic E-state index is 13.5. The molecule has 0 heterocycles. The Hall–Kier alpha value is -1.61. The van der Waals surface area contributed by atoms with Crippen molar-refractivity contribution in [1.29, 1.82) is 0 Å². The summed E-state index contributed by atoms with van der Waals surface area (Å²) in [6.07, 6.45) is 0.525. The Bertz CT molecular complexity index is 572. The third-order valence-corrected chi connectivity index (χ3v) is 3.12. The van der Waals surface area contributed by atoms with Crippen molar-refractivity contribution in [1.82, 2.24) is 0 Å². The fraction of sp³-hybridized carbons (Fsp3) is 0.200. The summed E-state index contributed by atoms with van der Waals surface area (Å²) in [5.74, 6) is -0.691. The molecule has 2 rings (SSSR count). The van der Waals surface area contributed by atoms with Gasteiger partial charge in [-0.3, -0.25) is 0 Å². The molecule has 0 aliphatic rings. The molecule has 0 saturated carbocycles. The Labute approximate surface area is 116 Å². The molecule has 0 fully saturated rings. The maximum atomic E-state index is 13.5. The van der Waals surface area contributed by atoms with Crippen LogP contribution in [0.2, 0.25) is 5.02 Å². The summed E-state index contributed by atoms with van der Waals surface area (Å²) < 4.78 is 26.8. The lowest BCUT2D eigenvalue weighted by Gasteiger charge is -2.16. The van der Waals surface area contributed by atoms with E-state index < -0.39 is 5.82 Å². The van der Waals surface area contributed by atoms with Crippen LogP contribution in [0, 0.1) is 11.6 Å². The predicted molar refractivity (Wildman–Crippen MR) is 74.6 cm³/mol. The van der Waals surface area contributed by atoms with Gasteiger partial charge in [-0.1, -0.05) is 29.8 Å². The molecule has 2 aromatic rings. The predicted octanol–water partition coefficient (Wildman–Crippen LogP) is 4.66. The average Bonchev–Trinajstić information content (AvgIpc) is 2.37. The van der Waals surface area contributed by atoms with E-state index in [1.54, 1.807) is 24.3 Å². The first-order chi connectivity index (χ1) is 9.06. The monoisotopic (exact) mass is 281 g/mol. The molecule has 0 saturated heterocycles. The molecule has 1 N–H and O–H groups in total. The van der Waals surface area contributed by atoms with Crippen LogP contribution in [0.3, 0.4) is 0 Å². The van der Waals surface area contributed by atoms with E-state index in [9.17, 15) is 8.78 Å². The molecule has 1 nitrogen and oxygen atoms in total. The van der Waals surface area contributed by atoms with Gasteiger partial charge < -0.3 is 5.32 Å². The summed E-state index contributed by atoms with van der Waals surface area (Å²) in [5, 5.41) is 3.21. The highest BCUT2D eigenvalue weighted by molar-refractivity contribution is 6.30. The first kappa shape index (κ1) is 13.8. The van der Waals surface area contributed by atoms with Crippen LogP contribution in [0.15, 0.2) is 42.5 Å². The minimum absolute atomic E-state index is 0.0162. The SMILES string of the molecule is CC(Cc1ccccc1F)Nc1ccc(Cl)c(F)c1. The van der Waals surface area contributed by atoms with Crippen LogP contribution in [-0.4, -0.2) is 6.04 Å². The van der Waals surface area contributed by atoms with E-state index in [-0.39, 0.29) is 16.9 Å². The number of nitrogens with one attached hydrogen (secondary N) is 1. The normalized spacial score (nSPS) is 12.2. The standard InChI is InChI=1S/C15H14ClF2N/c1-10(8-11-4-2-3-5-14(11)17)19-12-6-7-13(16)15(18)9-12/h2-7,9-10,19H,8H2,1H3. The Morgan fingerprint density at radius 3 is 2.53 bits per heavy atom. The van der Waals surface area contributed by atoms with Crippen molar-refractivity contribution in [3.05, 3.63) is 64.7 Å². The molecule has 100 valence electrons. The Morgan fingerprint density at radius 2 is 1.84 bits per heavy atom. The van der Waals surface area contributed by atoms with Gasteiger partial charge in [0.1, 0.15) is 11.6 Å². The first-order valence-corrected chi connectivity index (χ1v) is 6.39. The zero-order valence-electron chi connectivity index (χ0n) is 10.5. The minimum atomic E-state index is -0.468. The third-order valence-electron chi connectivity index (χ3n) is 2.82. The molecule has 4 heteroatoms. The van der Waals surface area contributed by atoms with E-state index in [0.29, 0.717) is 17.7 Å². The molecule has 1 unspecified atom stereocenters. The lowest BCUT2D eigenvalue weighted by molar-refractivity contribution is 0.601. The molecular weight excluding hydrogens is 268 g/mol. The number of hydrogen-bond donors (Lipinski definition) is 1. The summed E-state index contributed by atoms with van der Waals surface area (Å²) >= 11 is 5.62. The van der Waals surface area contributed by atoms with Crippen molar-refractivity contribution in [2.75, 3.05) is 5.32 Å². The lowest BCUT2D eigenvalue weighted by atomic mass is 10.1. The molecular formula is C15H14ClF2N. The summed E-state index contributed by atoms with van der Waals surface area (Å²) in [6.45, 7) is 1.92. The molecule has 2 aromatic carbocycles. The molecule has 0 bridgehead atoms. The van der Waals surface area contributed by atoms with E-state index in [4.69, 9.17) is 11.6 Å². The molecule has 1 atom stereocenters. The van der Waals surface area contributed by atoms with Gasteiger partial charge in [0.2, 0.25) is 0 Å². The van der Waals surface area contributed by atoms with Crippen LogP contribution in [0.1, 0.15) is 12.5 Å². The van der Waals surface area contributed by atoms with Crippen molar-refractivity contribution in [2.45, 2.75) is 19.4 Å². The number of benzene rings is 2. The van der Waals surface area contributed by atoms with Crippen molar-refractivity contribution in [2.24, 2.45) is 0 Å². The number of rotatable bonds is 4. The zero-order chi connectivity index (χ0) is 13.8. The van der Waals surface area contributed by atoms with Crippen molar-refractivity contribution < 1.29 is 8.78 Å². The van der Waals surface area contributed by atoms with Gasteiger partial charge >= 0.3 is 0 Å². The first-order valence-electron chi connectivity index (χ1n) is 6.01. The maximum Gasteiger partial charge on any atom is 0.143 e. The third kappa shape index (κ3) is 3.67. The van der Waals surface area contributed by atoms with Gasteiger partial charge in [-0.2, -0.15) is 0 Å². The van der Waals surface area contributed by atoms with Gasteiger partial charge in [0.15, 0.2) is 0 Å². The van der Waals surface area contributed by atoms with Crippen LogP contribution in [-0.2, 0) is 6.42 Å². The highest BCUT2D eigenvalue weighted by atomic mass is 35.5. The number of halogens is 3. The van der Waals surface area contributed by atoms with Crippen LogP contribution < -0.4 is 5.32 Å². The molecule has 19 heavy (non-hydrogen) atoms. The second kappa shape index (κ2) is 6.02. The van der Waals surface area contributed by atoms with Crippen LogP contribution in [0.25, 0.3) is 0 Å². The Kier molecular flexibility index (Phi) is 4.38. The Balaban J connectivity index is 2.03. The zero-order valence-corrected chi connectivity index (χ0v) is 11.2. The van der Waals surface area contributed by atoms with Crippen molar-refractivity contribution in [3.8, 4) is 0 Å². The topological polar surface area (TPSA) is 12.0 Å². The minimum Gasteiger partial charge on any atom is -0.382 e. The van der Waals surface area contributed by atoms with Gasteiger partial charge in [0, 0.05) is 11.7 Å². The molecule has 0 aliphatic carbocycles. The highest BCUT2D eigenvalue weighted by Gasteiger charge is 2.08. The van der Waals surface area contributed by atoms with Gasteiger partial charge in [0.25, 0.3) is 0 Å². The summed E-state index contributed by atoms with van der Waals surface area (Å²) in [5.41, 5.74) is 1.27. The molecule has 0 aromatic heterocycles. The summed E-state index contributed by atoms with van der Waals surface area (Å²) in [4.78, 5) is 0. The van der Waals surface area contributed by atoms with Crippen LogP contribution in [0.4, 0.5) is 14.5 Å². The fourth-order valence-electron chi connectivity index (χ4n) is 1.92. The summed E-state index contributed by atoms with van der Waals surface area (Å²) in [6, 6.07) is 11.1. The highest BCUT2D eigenvalue weighted by Crippen LogP contribution is 2.20. The van der Waals surface area contributed by atoms with Crippen molar-refractivity contribution in [3.63, 3.8) is 0 Å². The smallest absolute Gasteiger partial charge is 0.143 e. The van der Waals surface area contributed by atoms with Gasteiger partial charge in [0.05, 0.1) is 5.02 Å². The molecule has 0 spiro atoms. The molecule has 0 amide bonds. The van der Waals surface area contributed by atoms with E-state index in [1.165, 1.54) is 18.2 Å². The summed E-state index contributed by atoms with van der Waals surface area (Å²) in [7, 11) is 0. The largest absolute Gasteiger partial charge is 0.382 e. The van der Waals surface area contributed by atoms with E-state index >= 15 is 0 Å². The van der Waals surface area contributed by atoms with Crippen molar-refractivity contribution >= 4 is 17.3 Å². The van der Waals surface area contributed by atoms with Crippen LogP contribution in [0.5, 0.6) is 0 Å². The van der Waals surface area contributed by atoms with Crippen LogP contribution >= 0.6 is 11.6 Å². The second-order valence-corrected chi connectivity index (χ2v) is 4.88. The molecule has 0 radical (unpaired) electrons. The Morgan fingerprint density at radius 1 is 1.11 bits per heavy atom. The van der Waals surface area contributed by atoms with E-state index in [2.05, 4.69) is 5.32 Å². The van der Waals surface area contributed by atoms with E-state index in [0.717, 1.165) is 0 Å². The van der Waals surface area contributed by atoms with E-state index in [1.807, 2.05) is 6.92 Å². The second-order valence-electron chi connectivity index (χ2n) is 4.47. The molecule has 0 aliphatic heterocycles. The number of anilines is 1. The lowest BCUT2D eigenvalue weighted by Crippen LogP contribution is -2.18. The van der Waals surface area contributed by atoms with Gasteiger partial charge in [-0.15, -0.1) is 0 Å².